The quantitative estimate of drug-likeness (QED) is 0.593. The third-order valence-corrected chi connectivity index (χ3v) is 4.04. The maximum Gasteiger partial charge on any atom is 0.147 e. The highest BCUT2D eigenvalue weighted by Gasteiger charge is 2.63. The summed E-state index contributed by atoms with van der Waals surface area (Å²) < 4.78 is 0. The van der Waals surface area contributed by atoms with Crippen LogP contribution in [0, 0.1) is 16.7 Å². The zero-order valence-corrected chi connectivity index (χ0v) is 7.92. The minimum absolute atomic E-state index is 0.187. The van der Waals surface area contributed by atoms with Crippen LogP contribution in [0.4, 0.5) is 0 Å². The maximum atomic E-state index is 11.9. The van der Waals surface area contributed by atoms with Gasteiger partial charge in [0.15, 0.2) is 0 Å². The molecular weight excluding hydrogens is 152 g/mol. The van der Waals surface area contributed by atoms with Crippen LogP contribution in [0.5, 0.6) is 0 Å². The second-order valence-corrected chi connectivity index (χ2v) is 5.12. The third kappa shape index (κ3) is 0.674. The highest BCUT2D eigenvalue weighted by molar-refractivity contribution is 5.93. The van der Waals surface area contributed by atoms with Crippen molar-refractivity contribution in [3.8, 4) is 0 Å². The summed E-state index contributed by atoms with van der Waals surface area (Å²) in [5.41, 5.74) is -0.609. The molecule has 2 rings (SSSR count). The van der Waals surface area contributed by atoms with Gasteiger partial charge in [-0.2, -0.15) is 0 Å². The standard InChI is InChI=1S/C10H16O2/c1-9(2)6-4-7(11)10(3,5-6)8(9)12/h6-7,11H,4-5H2,1-3H3/t6-,7-,10-/m1/s1. The van der Waals surface area contributed by atoms with Crippen LogP contribution in [0.15, 0.2) is 0 Å². The summed E-state index contributed by atoms with van der Waals surface area (Å²) in [7, 11) is 0. The molecular formula is C10H16O2. The van der Waals surface area contributed by atoms with Gasteiger partial charge in [-0.05, 0) is 18.8 Å². The zero-order valence-electron chi connectivity index (χ0n) is 7.92. The van der Waals surface area contributed by atoms with Crippen molar-refractivity contribution in [2.24, 2.45) is 16.7 Å². The maximum absolute atomic E-state index is 11.9. The zero-order chi connectivity index (χ0) is 9.15. The smallest absolute Gasteiger partial charge is 0.147 e. The molecule has 0 spiro atoms. The van der Waals surface area contributed by atoms with Gasteiger partial charge in [0.1, 0.15) is 5.78 Å². The van der Waals surface area contributed by atoms with Gasteiger partial charge in [0.2, 0.25) is 0 Å². The lowest BCUT2D eigenvalue weighted by Gasteiger charge is -2.34. The van der Waals surface area contributed by atoms with Crippen LogP contribution in [0.1, 0.15) is 33.6 Å². The molecule has 2 nitrogen and oxygen atoms in total. The minimum atomic E-state index is -0.422. The first-order chi connectivity index (χ1) is 5.39. The van der Waals surface area contributed by atoms with Crippen molar-refractivity contribution in [1.82, 2.24) is 0 Å². The van der Waals surface area contributed by atoms with E-state index >= 15 is 0 Å². The molecule has 0 aliphatic heterocycles. The van der Waals surface area contributed by atoms with Crippen molar-refractivity contribution in [1.29, 1.82) is 0 Å². The topological polar surface area (TPSA) is 37.3 Å². The number of fused-ring (bicyclic) bond motifs is 2. The van der Waals surface area contributed by atoms with Gasteiger partial charge in [-0.25, -0.2) is 0 Å². The molecule has 0 aromatic heterocycles. The second-order valence-electron chi connectivity index (χ2n) is 5.12. The van der Waals surface area contributed by atoms with Gasteiger partial charge in [0.05, 0.1) is 11.5 Å². The van der Waals surface area contributed by atoms with E-state index in [-0.39, 0.29) is 17.3 Å². The Morgan fingerprint density at radius 2 is 2.00 bits per heavy atom. The van der Waals surface area contributed by atoms with E-state index in [1.165, 1.54) is 0 Å². The van der Waals surface area contributed by atoms with Crippen LogP contribution in [0.3, 0.4) is 0 Å². The van der Waals surface area contributed by atoms with E-state index in [4.69, 9.17) is 0 Å². The van der Waals surface area contributed by atoms with Crippen molar-refractivity contribution in [2.45, 2.75) is 39.7 Å². The fourth-order valence-electron chi connectivity index (χ4n) is 2.98. The largest absolute Gasteiger partial charge is 0.392 e. The first-order valence-corrected chi connectivity index (χ1v) is 4.62. The Morgan fingerprint density at radius 3 is 2.33 bits per heavy atom. The Balaban J connectivity index is 2.43. The molecule has 2 saturated carbocycles. The predicted molar refractivity (Wildman–Crippen MR) is 45.6 cm³/mol. The molecule has 0 amide bonds. The average Bonchev–Trinajstić information content (AvgIpc) is 2.34. The molecule has 12 heavy (non-hydrogen) atoms. The molecule has 2 heteroatoms. The monoisotopic (exact) mass is 168 g/mol. The number of hydrogen-bond acceptors (Lipinski definition) is 2. The van der Waals surface area contributed by atoms with E-state index < -0.39 is 5.41 Å². The second kappa shape index (κ2) is 1.92. The summed E-state index contributed by atoms with van der Waals surface area (Å²) in [6, 6.07) is 0. The number of carbonyl (C=O) groups excluding carboxylic acids is 1. The van der Waals surface area contributed by atoms with E-state index in [0.717, 1.165) is 12.8 Å². The predicted octanol–water partition coefficient (Wildman–Crippen LogP) is 1.37. The molecule has 1 N–H and O–H groups in total. The number of Topliss-reactive ketones (excluding diaryl/α,β-unsaturated/α-hetero) is 1. The Hall–Kier alpha value is -0.370. The van der Waals surface area contributed by atoms with Crippen LogP contribution in [-0.4, -0.2) is 17.0 Å². The molecule has 0 radical (unpaired) electrons. The molecule has 2 aliphatic rings. The van der Waals surface area contributed by atoms with E-state index in [1.54, 1.807) is 0 Å². The summed E-state index contributed by atoms with van der Waals surface area (Å²) in [6.45, 7) is 5.93. The van der Waals surface area contributed by atoms with Crippen molar-refractivity contribution in [2.75, 3.05) is 0 Å². The van der Waals surface area contributed by atoms with Crippen LogP contribution in [-0.2, 0) is 4.79 Å². The van der Waals surface area contributed by atoms with E-state index in [0.29, 0.717) is 5.92 Å². The van der Waals surface area contributed by atoms with Gasteiger partial charge in [0, 0.05) is 5.41 Å². The molecule has 0 saturated heterocycles. The summed E-state index contributed by atoms with van der Waals surface area (Å²) >= 11 is 0. The molecule has 2 aliphatic carbocycles. The molecule has 0 unspecified atom stereocenters. The molecule has 2 fully saturated rings. The summed E-state index contributed by atoms with van der Waals surface area (Å²) in [4.78, 5) is 11.9. The van der Waals surface area contributed by atoms with E-state index in [2.05, 4.69) is 0 Å². The van der Waals surface area contributed by atoms with Crippen LogP contribution in [0.25, 0.3) is 0 Å². The number of carbonyl (C=O) groups is 1. The number of aliphatic hydroxyl groups is 1. The number of ketones is 1. The summed E-state index contributed by atoms with van der Waals surface area (Å²) in [5.74, 6) is 0.670. The first kappa shape index (κ1) is 8.24. The van der Waals surface area contributed by atoms with Crippen molar-refractivity contribution >= 4 is 5.78 Å². The molecule has 0 heterocycles. The number of hydrogen-bond donors (Lipinski definition) is 1. The highest BCUT2D eigenvalue weighted by Crippen LogP contribution is 2.59. The highest BCUT2D eigenvalue weighted by atomic mass is 16.3. The van der Waals surface area contributed by atoms with Crippen molar-refractivity contribution < 1.29 is 9.90 Å². The Kier molecular flexibility index (Phi) is 1.32. The molecule has 68 valence electrons. The molecule has 0 aromatic carbocycles. The lowest BCUT2D eigenvalue weighted by Crippen LogP contribution is -2.43. The fraction of sp³-hybridized carbons (Fsp3) is 0.900. The normalized spacial score (nSPS) is 50.2. The Labute approximate surface area is 73.0 Å². The lowest BCUT2D eigenvalue weighted by molar-refractivity contribution is -0.141. The number of aliphatic hydroxyl groups excluding tert-OH is 1. The van der Waals surface area contributed by atoms with Crippen molar-refractivity contribution in [3.63, 3.8) is 0 Å². The van der Waals surface area contributed by atoms with Gasteiger partial charge >= 0.3 is 0 Å². The Bertz CT molecular complexity index is 244. The van der Waals surface area contributed by atoms with Gasteiger partial charge in [-0.3, -0.25) is 4.79 Å². The molecule has 3 atom stereocenters. The molecule has 2 bridgehead atoms. The Morgan fingerprint density at radius 1 is 1.42 bits per heavy atom. The van der Waals surface area contributed by atoms with Crippen LogP contribution < -0.4 is 0 Å². The fourth-order valence-corrected chi connectivity index (χ4v) is 2.98. The third-order valence-electron chi connectivity index (χ3n) is 4.04. The first-order valence-electron chi connectivity index (χ1n) is 4.62. The van der Waals surface area contributed by atoms with Crippen LogP contribution in [0.2, 0.25) is 0 Å². The average molecular weight is 168 g/mol. The van der Waals surface area contributed by atoms with Gasteiger partial charge in [0.25, 0.3) is 0 Å². The minimum Gasteiger partial charge on any atom is -0.392 e. The van der Waals surface area contributed by atoms with Crippen LogP contribution >= 0.6 is 0 Å². The van der Waals surface area contributed by atoms with Crippen molar-refractivity contribution in [3.05, 3.63) is 0 Å². The lowest BCUT2D eigenvalue weighted by atomic mass is 9.70. The summed E-state index contributed by atoms with van der Waals surface area (Å²) in [5, 5.41) is 9.66. The van der Waals surface area contributed by atoms with Gasteiger partial charge in [-0.1, -0.05) is 20.8 Å². The van der Waals surface area contributed by atoms with E-state index in [9.17, 15) is 9.90 Å². The van der Waals surface area contributed by atoms with E-state index in [1.807, 2.05) is 20.8 Å². The SMILES string of the molecule is CC1(C)C(=O)[C@]2(C)C[C@H]1C[C@H]2O. The van der Waals surface area contributed by atoms with Gasteiger partial charge in [-0.15, -0.1) is 0 Å². The van der Waals surface area contributed by atoms with Gasteiger partial charge < -0.3 is 5.11 Å². The molecule has 0 aromatic rings. The number of rotatable bonds is 0. The summed E-state index contributed by atoms with van der Waals surface area (Å²) in [6.07, 6.45) is 1.32.